The van der Waals surface area contributed by atoms with Crippen molar-refractivity contribution in [3.8, 4) is 11.5 Å². The first-order chi connectivity index (χ1) is 12.3. The van der Waals surface area contributed by atoms with Crippen molar-refractivity contribution in [2.24, 2.45) is 5.10 Å². The lowest BCUT2D eigenvalue weighted by molar-refractivity contribution is -0.0342. The third kappa shape index (κ3) is 2.25. The number of benzene rings is 1. The fraction of sp³-hybridized carbons (Fsp3) is 0.211. The number of hydrogen-bond acceptors (Lipinski definition) is 6. The SMILES string of the molecule is COc1cccc2c1O[C@@H](c1ccco1)N1N=C(c3cccs3)C[C@@H]21. The van der Waals surface area contributed by atoms with Crippen LogP contribution in [0.25, 0.3) is 0 Å². The molecule has 0 saturated carbocycles. The Balaban J connectivity index is 1.63. The van der Waals surface area contributed by atoms with E-state index in [1.165, 1.54) is 4.88 Å². The Labute approximate surface area is 149 Å². The van der Waals surface area contributed by atoms with Gasteiger partial charge in [0.05, 0.1) is 30.0 Å². The molecule has 0 saturated heterocycles. The highest BCUT2D eigenvalue weighted by Gasteiger charge is 2.43. The number of methoxy groups -OCH3 is 1. The molecule has 5 nitrogen and oxygen atoms in total. The van der Waals surface area contributed by atoms with Gasteiger partial charge in [0, 0.05) is 12.0 Å². The zero-order valence-electron chi connectivity index (χ0n) is 13.6. The Morgan fingerprint density at radius 2 is 2.16 bits per heavy atom. The molecule has 0 radical (unpaired) electrons. The van der Waals surface area contributed by atoms with Gasteiger partial charge in [0.2, 0.25) is 6.23 Å². The van der Waals surface area contributed by atoms with E-state index in [9.17, 15) is 0 Å². The Kier molecular flexibility index (Phi) is 3.31. The molecule has 2 aromatic heterocycles. The van der Waals surface area contributed by atoms with Crippen molar-refractivity contribution >= 4 is 17.0 Å². The molecule has 0 spiro atoms. The van der Waals surface area contributed by atoms with Gasteiger partial charge in [0.15, 0.2) is 17.3 Å². The standard InChI is InChI=1S/C19H16N2O3S/c1-22-15-6-2-5-12-14-11-13(17-8-4-10-25-17)20-21(14)19(24-18(12)15)16-7-3-9-23-16/h2-10,14,19H,11H2,1H3/t14-,19-/m0/s1. The monoisotopic (exact) mass is 352 g/mol. The van der Waals surface area contributed by atoms with Crippen molar-refractivity contribution in [3.63, 3.8) is 0 Å². The van der Waals surface area contributed by atoms with Crippen molar-refractivity contribution in [2.75, 3.05) is 7.11 Å². The summed E-state index contributed by atoms with van der Waals surface area (Å²) in [5.41, 5.74) is 2.17. The average molecular weight is 352 g/mol. The summed E-state index contributed by atoms with van der Waals surface area (Å²) in [4.78, 5) is 1.19. The van der Waals surface area contributed by atoms with Crippen molar-refractivity contribution in [2.45, 2.75) is 18.7 Å². The number of hydrazone groups is 1. The molecule has 2 aliphatic heterocycles. The number of rotatable bonds is 3. The van der Waals surface area contributed by atoms with Crippen molar-refractivity contribution < 1.29 is 13.9 Å². The largest absolute Gasteiger partial charge is 0.493 e. The topological polar surface area (TPSA) is 47.2 Å². The van der Waals surface area contributed by atoms with Crippen LogP contribution in [0.1, 0.15) is 34.9 Å². The zero-order valence-corrected chi connectivity index (χ0v) is 14.4. The second kappa shape index (κ2) is 5.67. The van der Waals surface area contributed by atoms with E-state index in [2.05, 4.69) is 23.6 Å². The Hall–Kier alpha value is -2.73. The lowest BCUT2D eigenvalue weighted by atomic mass is 9.98. The highest BCUT2D eigenvalue weighted by molar-refractivity contribution is 7.12. The average Bonchev–Trinajstić information content (AvgIpc) is 3.41. The highest BCUT2D eigenvalue weighted by Crippen LogP contribution is 2.50. The quantitative estimate of drug-likeness (QED) is 0.691. The maximum absolute atomic E-state index is 6.28. The summed E-state index contributed by atoms with van der Waals surface area (Å²) < 4.78 is 17.4. The summed E-state index contributed by atoms with van der Waals surface area (Å²) in [5, 5.41) is 8.96. The first-order valence-electron chi connectivity index (χ1n) is 8.12. The molecule has 2 atom stereocenters. The zero-order chi connectivity index (χ0) is 16.8. The number of para-hydroxylation sites is 1. The summed E-state index contributed by atoms with van der Waals surface area (Å²) in [6, 6.07) is 14.0. The summed E-state index contributed by atoms with van der Waals surface area (Å²) in [7, 11) is 1.66. The van der Waals surface area contributed by atoms with Crippen LogP contribution in [0.15, 0.2) is 63.6 Å². The molecular formula is C19H16N2O3S. The number of ether oxygens (including phenoxy) is 2. The van der Waals surface area contributed by atoms with Gasteiger partial charge < -0.3 is 13.9 Å². The molecule has 0 N–H and O–H groups in total. The predicted octanol–water partition coefficient (Wildman–Crippen LogP) is 4.59. The smallest absolute Gasteiger partial charge is 0.246 e. The van der Waals surface area contributed by atoms with Crippen molar-refractivity contribution in [3.05, 3.63) is 70.3 Å². The van der Waals surface area contributed by atoms with Crippen molar-refractivity contribution in [1.82, 2.24) is 5.01 Å². The number of fused-ring (bicyclic) bond motifs is 3. The molecule has 4 heterocycles. The third-order valence-electron chi connectivity index (χ3n) is 4.59. The van der Waals surface area contributed by atoms with Crippen LogP contribution >= 0.6 is 11.3 Å². The van der Waals surface area contributed by atoms with Crippen LogP contribution in [0.2, 0.25) is 0 Å². The van der Waals surface area contributed by atoms with Crippen LogP contribution in [0.3, 0.4) is 0 Å². The first-order valence-corrected chi connectivity index (χ1v) is 9.00. The lowest BCUT2D eigenvalue weighted by Crippen LogP contribution is -2.33. The van der Waals surface area contributed by atoms with Crippen LogP contribution in [-0.4, -0.2) is 17.8 Å². The molecular weight excluding hydrogens is 336 g/mol. The number of hydrogen-bond donors (Lipinski definition) is 0. The maximum Gasteiger partial charge on any atom is 0.246 e. The van der Waals surface area contributed by atoms with Crippen LogP contribution in [0.4, 0.5) is 0 Å². The van der Waals surface area contributed by atoms with Gasteiger partial charge in [-0.05, 0) is 29.6 Å². The summed E-state index contributed by atoms with van der Waals surface area (Å²) >= 11 is 1.71. The van der Waals surface area contributed by atoms with Gasteiger partial charge in [-0.2, -0.15) is 5.10 Å². The molecule has 0 aliphatic carbocycles. The third-order valence-corrected chi connectivity index (χ3v) is 5.51. The maximum atomic E-state index is 6.28. The first kappa shape index (κ1) is 14.6. The van der Waals surface area contributed by atoms with Gasteiger partial charge in [-0.25, -0.2) is 5.01 Å². The normalized spacial score (nSPS) is 21.3. The number of furan rings is 1. The molecule has 25 heavy (non-hydrogen) atoms. The molecule has 1 aromatic carbocycles. The second-order valence-electron chi connectivity index (χ2n) is 5.99. The van der Waals surface area contributed by atoms with E-state index in [1.807, 2.05) is 29.3 Å². The van der Waals surface area contributed by atoms with Gasteiger partial charge in [-0.15, -0.1) is 11.3 Å². The van der Waals surface area contributed by atoms with E-state index in [0.29, 0.717) is 0 Å². The van der Waals surface area contributed by atoms with Gasteiger partial charge in [-0.3, -0.25) is 0 Å². The minimum Gasteiger partial charge on any atom is -0.493 e. The van der Waals surface area contributed by atoms with Crippen LogP contribution in [0, 0.1) is 0 Å². The Morgan fingerprint density at radius 1 is 1.20 bits per heavy atom. The van der Waals surface area contributed by atoms with Gasteiger partial charge in [-0.1, -0.05) is 18.2 Å². The predicted molar refractivity (Wildman–Crippen MR) is 95.1 cm³/mol. The van der Waals surface area contributed by atoms with Gasteiger partial charge in [0.1, 0.15) is 0 Å². The molecule has 6 heteroatoms. The Morgan fingerprint density at radius 3 is 2.92 bits per heavy atom. The van der Waals surface area contributed by atoms with Crippen molar-refractivity contribution in [1.29, 1.82) is 0 Å². The minimum atomic E-state index is -0.402. The van der Waals surface area contributed by atoms with Crippen LogP contribution in [0.5, 0.6) is 11.5 Å². The summed E-state index contributed by atoms with van der Waals surface area (Å²) in [6.45, 7) is 0. The molecule has 0 fully saturated rings. The van der Waals surface area contributed by atoms with E-state index >= 15 is 0 Å². The minimum absolute atomic E-state index is 0.103. The van der Waals surface area contributed by atoms with Gasteiger partial charge in [0.25, 0.3) is 0 Å². The van der Waals surface area contributed by atoms with E-state index in [4.69, 9.17) is 19.0 Å². The molecule has 0 unspecified atom stereocenters. The molecule has 5 rings (SSSR count). The number of thiophene rings is 1. The second-order valence-corrected chi connectivity index (χ2v) is 6.94. The molecule has 3 aromatic rings. The fourth-order valence-electron chi connectivity index (χ4n) is 3.46. The molecule has 0 amide bonds. The fourth-order valence-corrected chi connectivity index (χ4v) is 4.18. The Bertz CT molecular complexity index is 918. The summed E-state index contributed by atoms with van der Waals surface area (Å²) in [6.07, 6.45) is 2.09. The summed E-state index contributed by atoms with van der Waals surface area (Å²) in [5.74, 6) is 2.24. The highest BCUT2D eigenvalue weighted by atomic mass is 32.1. The molecule has 126 valence electrons. The van der Waals surface area contributed by atoms with E-state index in [-0.39, 0.29) is 6.04 Å². The van der Waals surface area contributed by atoms with E-state index in [0.717, 1.165) is 35.0 Å². The van der Waals surface area contributed by atoms with Gasteiger partial charge >= 0.3 is 0 Å². The number of nitrogens with zero attached hydrogens (tertiary/aromatic N) is 2. The van der Waals surface area contributed by atoms with E-state index in [1.54, 1.807) is 24.7 Å². The van der Waals surface area contributed by atoms with Crippen LogP contribution < -0.4 is 9.47 Å². The van der Waals surface area contributed by atoms with E-state index < -0.39 is 6.23 Å². The molecule has 2 aliphatic rings. The molecule has 0 bridgehead atoms. The van der Waals surface area contributed by atoms with Crippen LogP contribution in [-0.2, 0) is 0 Å². The lowest BCUT2D eigenvalue weighted by Gasteiger charge is -2.37.